The van der Waals surface area contributed by atoms with Crippen molar-refractivity contribution in [2.24, 2.45) is 11.7 Å². The van der Waals surface area contributed by atoms with Crippen molar-refractivity contribution in [3.8, 4) is 0 Å². The van der Waals surface area contributed by atoms with E-state index in [0.29, 0.717) is 30.3 Å². The van der Waals surface area contributed by atoms with E-state index in [9.17, 15) is 4.79 Å². The number of halogens is 2. The molecule has 1 aromatic carbocycles. The van der Waals surface area contributed by atoms with Gasteiger partial charge in [0.05, 0.1) is 6.04 Å². The van der Waals surface area contributed by atoms with Gasteiger partial charge in [0.1, 0.15) is 0 Å². The molecule has 1 heterocycles. The molecule has 0 bridgehead atoms. The number of likely N-dealkylation sites (tertiary alicyclic amines) is 1. The number of nitrogens with two attached hydrogens (primary N) is 1. The molecule has 2 N–H and O–H groups in total. The Labute approximate surface area is 133 Å². The number of rotatable bonds is 3. The molecule has 2 unspecified atom stereocenters. The molecule has 110 valence electrons. The van der Waals surface area contributed by atoms with Crippen molar-refractivity contribution >= 4 is 33.4 Å². The van der Waals surface area contributed by atoms with E-state index in [1.807, 2.05) is 23.1 Å². The molecule has 1 fully saturated rings. The molecule has 0 aliphatic carbocycles. The van der Waals surface area contributed by atoms with Crippen LogP contribution < -0.4 is 5.73 Å². The maximum absolute atomic E-state index is 12.3. The van der Waals surface area contributed by atoms with E-state index in [1.165, 1.54) is 0 Å². The highest BCUT2D eigenvalue weighted by Crippen LogP contribution is 2.36. The Morgan fingerprint density at radius 1 is 1.50 bits per heavy atom. The molecule has 1 amide bonds. The highest BCUT2D eigenvalue weighted by atomic mass is 79.9. The predicted octanol–water partition coefficient (Wildman–Crippen LogP) is 3.75. The monoisotopic (exact) mass is 358 g/mol. The van der Waals surface area contributed by atoms with E-state index in [0.717, 1.165) is 10.0 Å². The molecule has 0 saturated carbocycles. The fourth-order valence-corrected chi connectivity index (χ4v) is 3.51. The molecular weight excluding hydrogens is 340 g/mol. The first-order valence-corrected chi connectivity index (χ1v) is 8.07. The molecule has 20 heavy (non-hydrogen) atoms. The first-order chi connectivity index (χ1) is 9.40. The Balaban J connectivity index is 2.39. The third-order valence-corrected chi connectivity index (χ3v) is 4.42. The van der Waals surface area contributed by atoms with Crippen molar-refractivity contribution in [3.05, 3.63) is 33.3 Å². The zero-order chi connectivity index (χ0) is 14.9. The van der Waals surface area contributed by atoms with Crippen LogP contribution in [0.3, 0.4) is 0 Å². The summed E-state index contributed by atoms with van der Waals surface area (Å²) in [6, 6.07) is 5.57. The number of amides is 1. The maximum atomic E-state index is 12.3. The Hall–Kier alpha value is -0.580. The number of benzene rings is 1. The van der Waals surface area contributed by atoms with Gasteiger partial charge in [-0.3, -0.25) is 4.79 Å². The van der Waals surface area contributed by atoms with E-state index in [4.69, 9.17) is 17.3 Å². The topological polar surface area (TPSA) is 46.3 Å². The predicted molar refractivity (Wildman–Crippen MR) is 85.7 cm³/mol. The Bertz CT molecular complexity index is 507. The molecule has 1 saturated heterocycles. The lowest BCUT2D eigenvalue weighted by molar-refractivity contribution is -0.138. The lowest BCUT2D eigenvalue weighted by Gasteiger charge is -2.41. The zero-order valence-corrected chi connectivity index (χ0v) is 14.1. The summed E-state index contributed by atoms with van der Waals surface area (Å²) in [4.78, 5) is 14.2. The van der Waals surface area contributed by atoms with Gasteiger partial charge in [0.15, 0.2) is 0 Å². The van der Waals surface area contributed by atoms with Gasteiger partial charge in [-0.2, -0.15) is 0 Å². The van der Waals surface area contributed by atoms with Gasteiger partial charge in [0, 0.05) is 28.5 Å². The summed E-state index contributed by atoms with van der Waals surface area (Å²) in [5.74, 6) is 0.574. The summed E-state index contributed by atoms with van der Waals surface area (Å²) >= 11 is 9.76. The molecule has 3 nitrogen and oxygen atoms in total. The van der Waals surface area contributed by atoms with Crippen LogP contribution in [0.4, 0.5) is 0 Å². The maximum Gasteiger partial charge on any atom is 0.223 e. The number of piperidine rings is 1. The second-order valence-electron chi connectivity index (χ2n) is 5.75. The first-order valence-electron chi connectivity index (χ1n) is 6.90. The van der Waals surface area contributed by atoms with Crippen LogP contribution in [0.25, 0.3) is 0 Å². The van der Waals surface area contributed by atoms with Crippen molar-refractivity contribution in [1.29, 1.82) is 0 Å². The number of carbonyl (C=O) groups excluding carboxylic acids is 1. The van der Waals surface area contributed by atoms with Gasteiger partial charge in [-0.05, 0) is 30.0 Å². The largest absolute Gasteiger partial charge is 0.334 e. The van der Waals surface area contributed by atoms with Gasteiger partial charge in [0.2, 0.25) is 5.91 Å². The zero-order valence-electron chi connectivity index (χ0n) is 11.8. The molecule has 5 heteroatoms. The van der Waals surface area contributed by atoms with E-state index in [2.05, 4.69) is 29.8 Å². The molecule has 1 aliphatic heterocycles. The third kappa shape index (κ3) is 3.35. The SMILES string of the molecule is CC(C)CN1C(=O)CCC(N)C1c1ccc(Br)cc1Cl. The highest BCUT2D eigenvalue weighted by Gasteiger charge is 2.36. The second kappa shape index (κ2) is 6.46. The standard InChI is InChI=1S/C15H20BrClN2O/c1-9(2)8-19-14(20)6-5-13(18)15(19)11-4-3-10(16)7-12(11)17/h3-4,7,9,13,15H,5-6,8,18H2,1-2H3. The van der Waals surface area contributed by atoms with Crippen LogP contribution in [-0.2, 0) is 4.79 Å². The van der Waals surface area contributed by atoms with Crippen molar-refractivity contribution in [3.63, 3.8) is 0 Å². The van der Waals surface area contributed by atoms with E-state index in [-0.39, 0.29) is 18.0 Å². The van der Waals surface area contributed by atoms with Crippen molar-refractivity contribution in [2.75, 3.05) is 6.54 Å². The fraction of sp³-hybridized carbons (Fsp3) is 0.533. The molecule has 2 atom stereocenters. The number of hydrogen-bond donors (Lipinski definition) is 1. The molecule has 1 aromatic rings. The smallest absolute Gasteiger partial charge is 0.223 e. The molecule has 0 radical (unpaired) electrons. The molecule has 1 aliphatic rings. The third-order valence-electron chi connectivity index (χ3n) is 3.60. The molecule has 0 aromatic heterocycles. The Morgan fingerprint density at radius 2 is 2.20 bits per heavy atom. The lowest BCUT2D eigenvalue weighted by Crippen LogP contribution is -2.50. The minimum Gasteiger partial charge on any atom is -0.334 e. The highest BCUT2D eigenvalue weighted by molar-refractivity contribution is 9.10. The van der Waals surface area contributed by atoms with Crippen molar-refractivity contribution in [1.82, 2.24) is 4.90 Å². The quantitative estimate of drug-likeness (QED) is 0.893. The van der Waals surface area contributed by atoms with Crippen molar-refractivity contribution < 1.29 is 4.79 Å². The number of nitrogens with zero attached hydrogens (tertiary/aromatic N) is 1. The summed E-state index contributed by atoms with van der Waals surface area (Å²) < 4.78 is 0.928. The van der Waals surface area contributed by atoms with E-state index in [1.54, 1.807) is 0 Å². The molecule has 2 rings (SSSR count). The van der Waals surface area contributed by atoms with Crippen molar-refractivity contribution in [2.45, 2.75) is 38.8 Å². The summed E-state index contributed by atoms with van der Waals surface area (Å²) in [6.45, 7) is 4.92. The Morgan fingerprint density at radius 3 is 2.80 bits per heavy atom. The molecule has 0 spiro atoms. The summed E-state index contributed by atoms with van der Waals surface area (Å²) in [7, 11) is 0. The minimum atomic E-state index is -0.126. The van der Waals surface area contributed by atoms with Crippen LogP contribution in [-0.4, -0.2) is 23.4 Å². The fourth-order valence-electron chi connectivity index (χ4n) is 2.73. The Kier molecular flexibility index (Phi) is 5.10. The lowest BCUT2D eigenvalue weighted by atomic mass is 9.90. The normalized spacial score (nSPS) is 23.5. The van der Waals surface area contributed by atoms with E-state index >= 15 is 0 Å². The van der Waals surface area contributed by atoms with Crippen LogP contribution in [0.1, 0.15) is 38.3 Å². The summed E-state index contributed by atoms with van der Waals surface area (Å²) in [5, 5.41) is 0.656. The average Bonchev–Trinajstić information content (AvgIpc) is 2.35. The minimum absolute atomic E-state index is 0.0647. The number of hydrogen-bond acceptors (Lipinski definition) is 2. The number of carbonyl (C=O) groups is 1. The van der Waals surface area contributed by atoms with Crippen LogP contribution in [0.15, 0.2) is 22.7 Å². The van der Waals surface area contributed by atoms with Gasteiger partial charge in [-0.15, -0.1) is 0 Å². The van der Waals surface area contributed by atoms with Gasteiger partial charge >= 0.3 is 0 Å². The van der Waals surface area contributed by atoms with Crippen LogP contribution in [0.5, 0.6) is 0 Å². The molecular formula is C15H20BrClN2O. The summed E-state index contributed by atoms with van der Waals surface area (Å²) in [5.41, 5.74) is 7.22. The first kappa shape index (κ1) is 15.8. The van der Waals surface area contributed by atoms with Gasteiger partial charge in [-0.1, -0.05) is 47.4 Å². The second-order valence-corrected chi connectivity index (χ2v) is 7.08. The van der Waals surface area contributed by atoms with Gasteiger partial charge in [0.25, 0.3) is 0 Å². The van der Waals surface area contributed by atoms with E-state index < -0.39 is 0 Å². The van der Waals surface area contributed by atoms with Gasteiger partial charge in [-0.25, -0.2) is 0 Å². The van der Waals surface area contributed by atoms with Gasteiger partial charge < -0.3 is 10.6 Å². The van der Waals surface area contributed by atoms with Crippen LogP contribution in [0, 0.1) is 5.92 Å². The summed E-state index contributed by atoms with van der Waals surface area (Å²) in [6.07, 6.45) is 1.24. The average molecular weight is 360 g/mol. The van der Waals surface area contributed by atoms with Crippen LogP contribution in [0.2, 0.25) is 5.02 Å². The van der Waals surface area contributed by atoms with Crippen LogP contribution >= 0.6 is 27.5 Å².